The lowest BCUT2D eigenvalue weighted by molar-refractivity contribution is -0.0298. The van der Waals surface area contributed by atoms with Crippen LogP contribution in [0.25, 0.3) is 0 Å². The molecule has 0 saturated heterocycles. The van der Waals surface area contributed by atoms with E-state index >= 15 is 0 Å². The molecule has 1 N–H and O–H groups in total. The topological polar surface area (TPSA) is 64.6 Å². The Morgan fingerprint density at radius 1 is 1.04 bits per heavy atom. The first-order valence-electron chi connectivity index (χ1n) is 10.9. The van der Waals surface area contributed by atoms with Gasteiger partial charge in [-0.25, -0.2) is 13.1 Å². The minimum absolute atomic E-state index is 0.0539. The zero-order valence-electron chi connectivity index (χ0n) is 16.8. The van der Waals surface area contributed by atoms with Gasteiger partial charge in [0.25, 0.3) is 0 Å². The number of sulfonamides is 1. The van der Waals surface area contributed by atoms with Gasteiger partial charge in [-0.15, -0.1) is 0 Å². The van der Waals surface area contributed by atoms with Crippen molar-refractivity contribution in [3.8, 4) is 5.75 Å². The Morgan fingerprint density at radius 3 is 2.61 bits per heavy atom. The minimum Gasteiger partial charge on any atom is -0.493 e. The van der Waals surface area contributed by atoms with Crippen molar-refractivity contribution in [2.24, 2.45) is 11.8 Å². The Morgan fingerprint density at radius 2 is 1.82 bits per heavy atom. The number of ether oxygens (including phenoxy) is 2. The molecule has 0 aromatic heterocycles. The van der Waals surface area contributed by atoms with E-state index in [-0.39, 0.29) is 17.7 Å². The Labute approximate surface area is 169 Å². The Bertz CT molecular complexity index is 758. The molecule has 1 aromatic rings. The van der Waals surface area contributed by atoms with Crippen molar-refractivity contribution in [2.45, 2.75) is 69.9 Å². The first kappa shape index (κ1) is 20.2. The molecular weight excluding hydrogens is 374 g/mol. The van der Waals surface area contributed by atoms with E-state index in [4.69, 9.17) is 9.47 Å². The molecule has 6 heteroatoms. The number of hydrogen-bond acceptors (Lipinski definition) is 4. The lowest BCUT2D eigenvalue weighted by atomic mass is 9.76. The summed E-state index contributed by atoms with van der Waals surface area (Å²) in [5, 5.41) is 0. The van der Waals surface area contributed by atoms with Gasteiger partial charge in [0, 0.05) is 12.0 Å². The van der Waals surface area contributed by atoms with Gasteiger partial charge in [0.1, 0.15) is 5.75 Å². The molecule has 5 rings (SSSR count). The maximum absolute atomic E-state index is 12.2. The van der Waals surface area contributed by atoms with Crippen molar-refractivity contribution < 1.29 is 17.9 Å². The van der Waals surface area contributed by atoms with E-state index in [1.54, 1.807) is 6.92 Å². The predicted octanol–water partition coefficient (Wildman–Crippen LogP) is 3.85. The van der Waals surface area contributed by atoms with Crippen LogP contribution in [0.3, 0.4) is 0 Å². The van der Waals surface area contributed by atoms with E-state index in [0.29, 0.717) is 31.2 Å². The summed E-state index contributed by atoms with van der Waals surface area (Å²) in [6.07, 6.45) is 7.67. The second kappa shape index (κ2) is 8.72. The van der Waals surface area contributed by atoms with Crippen LogP contribution < -0.4 is 9.46 Å². The molecule has 5 nitrogen and oxygen atoms in total. The maximum atomic E-state index is 12.2. The van der Waals surface area contributed by atoms with Gasteiger partial charge in [-0.2, -0.15) is 0 Å². The minimum atomic E-state index is -3.23. The van der Waals surface area contributed by atoms with Gasteiger partial charge in [-0.05, 0) is 68.9 Å². The largest absolute Gasteiger partial charge is 0.493 e. The molecule has 0 radical (unpaired) electrons. The van der Waals surface area contributed by atoms with Gasteiger partial charge in [0.2, 0.25) is 10.0 Å². The van der Waals surface area contributed by atoms with Crippen molar-refractivity contribution in [3.63, 3.8) is 0 Å². The fraction of sp³-hybridized carbons (Fsp3) is 0.727. The molecule has 0 spiro atoms. The fourth-order valence-electron chi connectivity index (χ4n) is 5.21. The molecule has 0 amide bonds. The fourth-order valence-corrected chi connectivity index (χ4v) is 6.13. The first-order chi connectivity index (χ1) is 13.6. The van der Waals surface area contributed by atoms with Crippen LogP contribution in [0.15, 0.2) is 24.3 Å². The molecule has 2 heterocycles. The number of fused-ring (bicyclic) bond motifs is 4. The number of hydrogen-bond donors (Lipinski definition) is 1. The van der Waals surface area contributed by atoms with Crippen LogP contribution in [-0.4, -0.2) is 39.5 Å². The lowest BCUT2D eigenvalue weighted by Crippen LogP contribution is -2.49. The molecule has 2 fully saturated rings. The molecule has 2 bridgehead atoms. The van der Waals surface area contributed by atoms with E-state index < -0.39 is 10.0 Å². The summed E-state index contributed by atoms with van der Waals surface area (Å²) in [5.74, 6) is 2.17. The summed E-state index contributed by atoms with van der Waals surface area (Å²) in [6, 6.07) is 8.41. The van der Waals surface area contributed by atoms with Crippen molar-refractivity contribution in [3.05, 3.63) is 29.8 Å². The number of nitrogens with one attached hydrogen (secondary N) is 1. The molecule has 2 saturated carbocycles. The van der Waals surface area contributed by atoms with E-state index in [0.717, 1.165) is 50.7 Å². The molecule has 3 atom stereocenters. The van der Waals surface area contributed by atoms with Crippen LogP contribution in [-0.2, 0) is 14.8 Å². The number of rotatable bonds is 3. The van der Waals surface area contributed by atoms with Gasteiger partial charge in [-0.3, -0.25) is 0 Å². The average molecular weight is 408 g/mol. The van der Waals surface area contributed by atoms with Crippen LogP contribution in [0.1, 0.15) is 63.4 Å². The van der Waals surface area contributed by atoms with Crippen molar-refractivity contribution >= 4 is 10.0 Å². The van der Waals surface area contributed by atoms with Crippen molar-refractivity contribution in [2.75, 3.05) is 19.0 Å². The summed E-state index contributed by atoms with van der Waals surface area (Å²) < 4.78 is 40.1. The zero-order chi connectivity index (χ0) is 19.6. The SMILES string of the molecule is CCS(=O)(=O)N[C@H]1CCCC2COc3ccccc3C3CCC(CC3)OC[C@H]21. The molecule has 1 aromatic carbocycles. The molecule has 2 aliphatic carbocycles. The zero-order valence-corrected chi connectivity index (χ0v) is 17.6. The summed E-state index contributed by atoms with van der Waals surface area (Å²) in [7, 11) is -3.23. The standard InChI is InChI=1S/C22H33NO4S/c1-2-28(24,25)23-21-8-5-6-17-14-27-22-9-4-3-7-19(22)16-10-12-18(13-11-16)26-15-20(17)21/h3-4,7,9,16-18,20-21,23H,2,5-6,8,10-15H2,1H3/t16?,17?,18?,20-,21+/m1/s1. The first-order valence-corrected chi connectivity index (χ1v) is 12.5. The van der Waals surface area contributed by atoms with Gasteiger partial charge in [0.15, 0.2) is 0 Å². The molecule has 2 aliphatic heterocycles. The molecule has 28 heavy (non-hydrogen) atoms. The second-order valence-electron chi connectivity index (χ2n) is 8.64. The average Bonchev–Trinajstić information content (AvgIpc) is 2.71. The third kappa shape index (κ3) is 4.55. The van der Waals surface area contributed by atoms with Gasteiger partial charge in [0.05, 0.1) is 25.1 Å². The highest BCUT2D eigenvalue weighted by Crippen LogP contribution is 2.40. The summed E-state index contributed by atoms with van der Waals surface area (Å²) >= 11 is 0. The highest BCUT2D eigenvalue weighted by Gasteiger charge is 2.37. The van der Waals surface area contributed by atoms with E-state index in [2.05, 4.69) is 29.0 Å². The smallest absolute Gasteiger partial charge is 0.211 e. The van der Waals surface area contributed by atoms with Crippen LogP contribution in [0, 0.1) is 11.8 Å². The predicted molar refractivity (Wildman–Crippen MR) is 110 cm³/mol. The lowest BCUT2D eigenvalue weighted by Gasteiger charge is -2.40. The summed E-state index contributed by atoms with van der Waals surface area (Å²) in [4.78, 5) is 0. The molecule has 1 unspecified atom stereocenters. The monoisotopic (exact) mass is 407 g/mol. The van der Waals surface area contributed by atoms with Crippen molar-refractivity contribution in [1.29, 1.82) is 0 Å². The highest BCUT2D eigenvalue weighted by molar-refractivity contribution is 7.89. The van der Waals surface area contributed by atoms with E-state index in [9.17, 15) is 8.42 Å². The van der Waals surface area contributed by atoms with Gasteiger partial charge >= 0.3 is 0 Å². The molecular formula is C22H33NO4S. The Hall–Kier alpha value is -1.11. The third-order valence-corrected chi connectivity index (χ3v) is 8.36. The van der Waals surface area contributed by atoms with Crippen LogP contribution in [0.4, 0.5) is 0 Å². The van der Waals surface area contributed by atoms with Gasteiger partial charge < -0.3 is 9.47 Å². The van der Waals surface area contributed by atoms with Crippen LogP contribution in [0.2, 0.25) is 0 Å². The van der Waals surface area contributed by atoms with Crippen LogP contribution >= 0.6 is 0 Å². The third-order valence-electron chi connectivity index (χ3n) is 6.93. The number of para-hydroxylation sites is 1. The van der Waals surface area contributed by atoms with Crippen LogP contribution in [0.5, 0.6) is 5.75 Å². The summed E-state index contributed by atoms with van der Waals surface area (Å²) in [5.41, 5.74) is 1.33. The Kier molecular flexibility index (Phi) is 6.28. The number of benzene rings is 1. The Balaban J connectivity index is 1.59. The molecule has 156 valence electrons. The molecule has 4 aliphatic rings. The van der Waals surface area contributed by atoms with E-state index in [1.807, 2.05) is 0 Å². The normalized spacial score (nSPS) is 33.7. The van der Waals surface area contributed by atoms with E-state index in [1.165, 1.54) is 5.56 Å². The second-order valence-corrected chi connectivity index (χ2v) is 10.7. The van der Waals surface area contributed by atoms with Crippen molar-refractivity contribution in [1.82, 2.24) is 4.72 Å². The quantitative estimate of drug-likeness (QED) is 0.827. The summed E-state index contributed by atoms with van der Waals surface area (Å²) in [6.45, 7) is 2.95. The maximum Gasteiger partial charge on any atom is 0.211 e. The van der Waals surface area contributed by atoms with Gasteiger partial charge in [-0.1, -0.05) is 24.6 Å². The highest BCUT2D eigenvalue weighted by atomic mass is 32.2.